The van der Waals surface area contributed by atoms with Crippen molar-refractivity contribution in [3.63, 3.8) is 0 Å². The molecule has 0 saturated carbocycles. The van der Waals surface area contributed by atoms with Gasteiger partial charge in [0.15, 0.2) is 5.13 Å². The zero-order valence-corrected chi connectivity index (χ0v) is 15.5. The zero-order valence-electron chi connectivity index (χ0n) is 14.7. The normalized spacial score (nSPS) is 10.3. The Morgan fingerprint density at radius 2 is 1.77 bits per heavy atom. The van der Waals surface area contributed by atoms with Crippen LogP contribution >= 0.6 is 11.3 Å². The van der Waals surface area contributed by atoms with Crippen molar-refractivity contribution in [3.8, 4) is 5.75 Å². The minimum absolute atomic E-state index is 0.0940. The molecule has 0 fully saturated rings. The Kier molecular flexibility index (Phi) is 6.67. The molecule has 3 N–H and O–H groups in total. The lowest BCUT2D eigenvalue weighted by atomic mass is 10.2. The van der Waals surface area contributed by atoms with Crippen molar-refractivity contribution in [1.82, 2.24) is 15.8 Å². The lowest BCUT2D eigenvalue weighted by Crippen LogP contribution is -2.41. The summed E-state index contributed by atoms with van der Waals surface area (Å²) < 4.78 is 5.55. The van der Waals surface area contributed by atoms with E-state index in [2.05, 4.69) is 21.2 Å². The Morgan fingerprint density at radius 3 is 2.38 bits per heavy atom. The molecule has 0 saturated heterocycles. The second kappa shape index (κ2) is 8.95. The number of amides is 3. The molecule has 3 amide bonds. The lowest BCUT2D eigenvalue weighted by Gasteiger charge is -2.09. The average Bonchev–Trinajstić information content (AvgIpc) is 3.05. The molecular formula is C17H20N4O4S. The Balaban J connectivity index is 1.86. The molecule has 8 nitrogen and oxygen atoms in total. The molecule has 1 aromatic carbocycles. The van der Waals surface area contributed by atoms with Crippen molar-refractivity contribution in [3.05, 3.63) is 40.9 Å². The highest BCUT2D eigenvalue weighted by atomic mass is 32.1. The van der Waals surface area contributed by atoms with E-state index in [0.717, 1.165) is 11.3 Å². The smallest absolute Gasteiger partial charge is 0.289 e. The van der Waals surface area contributed by atoms with Gasteiger partial charge in [-0.2, -0.15) is 0 Å². The van der Waals surface area contributed by atoms with Gasteiger partial charge in [0.2, 0.25) is 5.91 Å². The number of thiazole rings is 1. The van der Waals surface area contributed by atoms with Crippen LogP contribution in [-0.4, -0.2) is 29.3 Å². The molecule has 2 rings (SSSR count). The third-order valence-electron chi connectivity index (χ3n) is 3.01. The standard InChI is InChI=1S/C17H20N4O4S/c1-10(2)8-25-13-6-4-12(5-7-13)15(23)20-21-16(24)14-9-26-17(19-14)18-11(3)22/h4-7,9-10H,8H2,1-3H3,(H,20,23)(H,21,24)(H,18,19,22). The second-order valence-corrected chi connectivity index (χ2v) is 6.71. The minimum atomic E-state index is -0.580. The molecule has 0 unspecified atom stereocenters. The van der Waals surface area contributed by atoms with E-state index in [9.17, 15) is 14.4 Å². The molecule has 0 aliphatic carbocycles. The summed E-state index contributed by atoms with van der Waals surface area (Å²) >= 11 is 1.11. The number of carbonyl (C=O) groups is 3. The molecule has 26 heavy (non-hydrogen) atoms. The number of carbonyl (C=O) groups excluding carboxylic acids is 3. The molecule has 138 valence electrons. The molecule has 0 radical (unpaired) electrons. The van der Waals surface area contributed by atoms with Gasteiger partial charge in [-0.3, -0.25) is 25.2 Å². The average molecular weight is 376 g/mol. The molecule has 0 atom stereocenters. The second-order valence-electron chi connectivity index (χ2n) is 5.86. The van der Waals surface area contributed by atoms with E-state index in [0.29, 0.717) is 29.0 Å². The number of anilines is 1. The van der Waals surface area contributed by atoms with Gasteiger partial charge in [-0.15, -0.1) is 11.3 Å². The van der Waals surface area contributed by atoms with E-state index in [1.165, 1.54) is 12.3 Å². The first-order chi connectivity index (χ1) is 12.3. The Bertz CT molecular complexity index is 786. The van der Waals surface area contributed by atoms with Crippen LogP contribution in [0.2, 0.25) is 0 Å². The number of hydrazine groups is 1. The molecule has 0 aliphatic rings. The fourth-order valence-electron chi connectivity index (χ4n) is 1.80. The number of hydrogen-bond acceptors (Lipinski definition) is 6. The van der Waals surface area contributed by atoms with Gasteiger partial charge in [-0.25, -0.2) is 4.98 Å². The molecule has 1 aromatic heterocycles. The van der Waals surface area contributed by atoms with Crippen LogP contribution in [0.5, 0.6) is 5.75 Å². The van der Waals surface area contributed by atoms with Gasteiger partial charge in [-0.1, -0.05) is 13.8 Å². The molecule has 9 heteroatoms. The maximum absolute atomic E-state index is 12.1. The third kappa shape index (κ3) is 5.85. The van der Waals surface area contributed by atoms with Gasteiger partial charge in [0.1, 0.15) is 11.4 Å². The van der Waals surface area contributed by atoms with Crippen molar-refractivity contribution in [2.24, 2.45) is 5.92 Å². The number of hydrogen-bond donors (Lipinski definition) is 3. The maximum Gasteiger partial charge on any atom is 0.289 e. The molecule has 0 spiro atoms. The summed E-state index contributed by atoms with van der Waals surface area (Å²) in [6.45, 7) is 6.04. The first-order valence-electron chi connectivity index (χ1n) is 7.92. The van der Waals surface area contributed by atoms with Crippen LogP contribution < -0.4 is 20.9 Å². The van der Waals surface area contributed by atoms with Crippen LogP contribution in [0, 0.1) is 5.92 Å². The van der Waals surface area contributed by atoms with Crippen molar-refractivity contribution in [2.75, 3.05) is 11.9 Å². The molecular weight excluding hydrogens is 356 g/mol. The van der Waals surface area contributed by atoms with Crippen LogP contribution in [-0.2, 0) is 4.79 Å². The van der Waals surface area contributed by atoms with E-state index in [1.807, 2.05) is 13.8 Å². The number of aromatic nitrogens is 1. The number of benzene rings is 1. The summed E-state index contributed by atoms with van der Waals surface area (Å²) in [6, 6.07) is 6.60. The van der Waals surface area contributed by atoms with Gasteiger partial charge in [0.05, 0.1) is 6.61 Å². The van der Waals surface area contributed by atoms with E-state index < -0.39 is 11.8 Å². The van der Waals surface area contributed by atoms with Gasteiger partial charge in [0.25, 0.3) is 11.8 Å². The van der Waals surface area contributed by atoms with Gasteiger partial charge < -0.3 is 10.1 Å². The number of ether oxygens (including phenoxy) is 1. The molecule has 0 aliphatic heterocycles. The van der Waals surface area contributed by atoms with Crippen molar-refractivity contribution in [1.29, 1.82) is 0 Å². The zero-order chi connectivity index (χ0) is 19.1. The first-order valence-corrected chi connectivity index (χ1v) is 8.79. The van der Waals surface area contributed by atoms with Crippen molar-refractivity contribution >= 4 is 34.2 Å². The topological polar surface area (TPSA) is 109 Å². The molecule has 0 bridgehead atoms. The summed E-state index contributed by atoms with van der Waals surface area (Å²) in [7, 11) is 0. The minimum Gasteiger partial charge on any atom is -0.493 e. The Morgan fingerprint density at radius 1 is 1.12 bits per heavy atom. The predicted octanol–water partition coefficient (Wildman–Crippen LogP) is 2.21. The lowest BCUT2D eigenvalue weighted by molar-refractivity contribution is -0.114. The molecule has 1 heterocycles. The van der Waals surface area contributed by atoms with Gasteiger partial charge in [0, 0.05) is 17.9 Å². The van der Waals surface area contributed by atoms with E-state index in [4.69, 9.17) is 4.74 Å². The summed E-state index contributed by atoms with van der Waals surface area (Å²) in [5.41, 5.74) is 5.06. The third-order valence-corrected chi connectivity index (χ3v) is 3.77. The van der Waals surface area contributed by atoms with Crippen LogP contribution in [0.25, 0.3) is 0 Å². The van der Waals surface area contributed by atoms with Crippen LogP contribution in [0.15, 0.2) is 29.6 Å². The Hall–Kier alpha value is -2.94. The van der Waals surface area contributed by atoms with E-state index in [-0.39, 0.29) is 11.6 Å². The van der Waals surface area contributed by atoms with Crippen LogP contribution in [0.1, 0.15) is 41.6 Å². The quantitative estimate of drug-likeness (QED) is 0.670. The monoisotopic (exact) mass is 376 g/mol. The van der Waals surface area contributed by atoms with Crippen molar-refractivity contribution in [2.45, 2.75) is 20.8 Å². The SMILES string of the molecule is CC(=O)Nc1nc(C(=O)NNC(=O)c2ccc(OCC(C)C)cc2)cs1. The summed E-state index contributed by atoms with van der Waals surface area (Å²) in [4.78, 5) is 38.9. The Labute approximate surface area is 154 Å². The predicted molar refractivity (Wildman–Crippen MR) is 98.1 cm³/mol. The number of nitrogens with zero attached hydrogens (tertiary/aromatic N) is 1. The van der Waals surface area contributed by atoms with E-state index >= 15 is 0 Å². The summed E-state index contributed by atoms with van der Waals surface area (Å²) in [5, 5.41) is 4.27. The fraction of sp³-hybridized carbons (Fsp3) is 0.294. The molecule has 2 aromatic rings. The van der Waals surface area contributed by atoms with E-state index in [1.54, 1.807) is 24.3 Å². The highest BCUT2D eigenvalue weighted by molar-refractivity contribution is 7.14. The van der Waals surface area contributed by atoms with Crippen molar-refractivity contribution < 1.29 is 19.1 Å². The van der Waals surface area contributed by atoms with Gasteiger partial charge in [-0.05, 0) is 30.2 Å². The highest BCUT2D eigenvalue weighted by Crippen LogP contribution is 2.15. The fourth-order valence-corrected chi connectivity index (χ4v) is 2.54. The number of rotatable bonds is 6. The first kappa shape index (κ1) is 19.4. The highest BCUT2D eigenvalue weighted by Gasteiger charge is 2.13. The maximum atomic E-state index is 12.1. The van der Waals surface area contributed by atoms with Gasteiger partial charge >= 0.3 is 0 Å². The van der Waals surface area contributed by atoms with Crippen LogP contribution in [0.4, 0.5) is 5.13 Å². The van der Waals surface area contributed by atoms with Crippen LogP contribution in [0.3, 0.4) is 0 Å². The summed E-state index contributed by atoms with van der Waals surface area (Å²) in [5.74, 6) is -0.244. The number of nitrogens with one attached hydrogen (secondary N) is 3. The summed E-state index contributed by atoms with van der Waals surface area (Å²) in [6.07, 6.45) is 0. The largest absolute Gasteiger partial charge is 0.493 e.